The normalized spacial score (nSPS) is 11.5. The quantitative estimate of drug-likeness (QED) is 0.421. The minimum atomic E-state index is 0.0901. The molecular formula is C18H19Cl2NS. The van der Waals surface area contributed by atoms with Gasteiger partial charge in [0.15, 0.2) is 0 Å². The lowest BCUT2D eigenvalue weighted by atomic mass is 9.84. The Balaban J connectivity index is 2.59. The van der Waals surface area contributed by atoms with Crippen molar-refractivity contribution in [3.63, 3.8) is 0 Å². The molecule has 0 radical (unpaired) electrons. The van der Waals surface area contributed by atoms with Crippen LogP contribution in [-0.4, -0.2) is 4.86 Å². The molecular weight excluding hydrogens is 333 g/mol. The first kappa shape index (κ1) is 17.3. The maximum atomic E-state index is 6.28. The third-order valence-corrected chi connectivity index (χ3v) is 4.31. The van der Waals surface area contributed by atoms with E-state index in [1.54, 1.807) is 6.07 Å². The standard InChI is InChI=1S/C18H19Cl2NS/c1-18(2,3)10-14-13(8-11(19)9-16(14)21)17(22)12-6-4-5-7-15(12)20/h4-9H,10,21H2,1-3H3. The predicted molar refractivity (Wildman–Crippen MR) is 101 cm³/mol. The van der Waals surface area contributed by atoms with Crippen molar-refractivity contribution in [2.24, 2.45) is 5.41 Å². The Labute approximate surface area is 147 Å². The van der Waals surface area contributed by atoms with Crippen molar-refractivity contribution in [3.8, 4) is 0 Å². The van der Waals surface area contributed by atoms with Gasteiger partial charge in [-0.3, -0.25) is 0 Å². The van der Waals surface area contributed by atoms with Crippen LogP contribution in [0.3, 0.4) is 0 Å². The van der Waals surface area contributed by atoms with E-state index in [1.807, 2.05) is 30.3 Å². The molecule has 2 aromatic rings. The van der Waals surface area contributed by atoms with E-state index in [0.717, 1.165) is 23.1 Å². The number of anilines is 1. The van der Waals surface area contributed by atoms with E-state index >= 15 is 0 Å². The van der Waals surface area contributed by atoms with E-state index in [-0.39, 0.29) is 5.41 Å². The summed E-state index contributed by atoms with van der Waals surface area (Å²) in [5.74, 6) is 0. The molecule has 0 aliphatic heterocycles. The summed E-state index contributed by atoms with van der Waals surface area (Å²) in [5.41, 5.74) is 9.72. The molecule has 4 heteroatoms. The summed E-state index contributed by atoms with van der Waals surface area (Å²) in [7, 11) is 0. The summed E-state index contributed by atoms with van der Waals surface area (Å²) >= 11 is 18.1. The minimum absolute atomic E-state index is 0.0901. The number of benzene rings is 2. The highest BCUT2D eigenvalue weighted by Gasteiger charge is 2.20. The molecule has 0 fully saturated rings. The summed E-state index contributed by atoms with van der Waals surface area (Å²) in [5, 5.41) is 1.22. The van der Waals surface area contributed by atoms with Crippen LogP contribution in [-0.2, 0) is 6.42 Å². The average Bonchev–Trinajstić information content (AvgIpc) is 2.40. The van der Waals surface area contributed by atoms with Gasteiger partial charge >= 0.3 is 0 Å². The highest BCUT2D eigenvalue weighted by molar-refractivity contribution is 7.81. The van der Waals surface area contributed by atoms with E-state index in [9.17, 15) is 0 Å². The summed E-state index contributed by atoms with van der Waals surface area (Å²) in [6.45, 7) is 6.51. The highest BCUT2D eigenvalue weighted by atomic mass is 35.5. The van der Waals surface area contributed by atoms with Crippen molar-refractivity contribution >= 4 is 46.0 Å². The molecule has 0 saturated carbocycles. The fourth-order valence-electron chi connectivity index (χ4n) is 2.38. The molecule has 2 N–H and O–H groups in total. The van der Waals surface area contributed by atoms with Gasteiger partial charge in [-0.2, -0.15) is 0 Å². The lowest BCUT2D eigenvalue weighted by Crippen LogP contribution is -2.15. The van der Waals surface area contributed by atoms with E-state index in [4.69, 9.17) is 41.2 Å². The van der Waals surface area contributed by atoms with E-state index < -0.39 is 0 Å². The van der Waals surface area contributed by atoms with Crippen molar-refractivity contribution in [2.75, 3.05) is 5.73 Å². The van der Waals surface area contributed by atoms with E-state index in [0.29, 0.717) is 20.6 Å². The monoisotopic (exact) mass is 351 g/mol. The lowest BCUT2D eigenvalue weighted by Gasteiger charge is -2.23. The molecule has 2 rings (SSSR count). The van der Waals surface area contributed by atoms with Gasteiger partial charge in [0.1, 0.15) is 0 Å². The first-order chi connectivity index (χ1) is 10.2. The molecule has 22 heavy (non-hydrogen) atoms. The van der Waals surface area contributed by atoms with Crippen molar-refractivity contribution in [1.29, 1.82) is 0 Å². The zero-order valence-corrected chi connectivity index (χ0v) is 15.2. The number of hydrogen-bond donors (Lipinski definition) is 1. The van der Waals surface area contributed by atoms with Crippen LogP contribution in [0, 0.1) is 5.41 Å². The Morgan fingerprint density at radius 3 is 2.32 bits per heavy atom. The Hall–Kier alpha value is -1.09. The van der Waals surface area contributed by atoms with Gasteiger partial charge in [0, 0.05) is 21.3 Å². The predicted octanol–water partition coefficient (Wildman–Crippen LogP) is 5.93. The summed E-state index contributed by atoms with van der Waals surface area (Å²) < 4.78 is 0. The smallest absolute Gasteiger partial charge is 0.0540 e. The fraction of sp³-hybridized carbons (Fsp3) is 0.278. The third-order valence-electron chi connectivity index (χ3n) is 3.32. The van der Waals surface area contributed by atoms with Crippen LogP contribution in [0.2, 0.25) is 10.0 Å². The third kappa shape index (κ3) is 4.01. The zero-order chi connectivity index (χ0) is 16.5. The second-order valence-corrected chi connectivity index (χ2v) is 7.82. The van der Waals surface area contributed by atoms with Crippen molar-refractivity contribution in [2.45, 2.75) is 27.2 Å². The van der Waals surface area contributed by atoms with Crippen LogP contribution in [0.1, 0.15) is 37.5 Å². The first-order valence-electron chi connectivity index (χ1n) is 7.06. The zero-order valence-electron chi connectivity index (χ0n) is 12.9. The Morgan fingerprint density at radius 1 is 1.09 bits per heavy atom. The lowest BCUT2D eigenvalue weighted by molar-refractivity contribution is 0.411. The molecule has 2 aromatic carbocycles. The summed E-state index contributed by atoms with van der Waals surface area (Å²) in [6, 6.07) is 11.2. The van der Waals surface area contributed by atoms with Gasteiger partial charge in [-0.1, -0.05) is 74.4 Å². The molecule has 0 atom stereocenters. The highest BCUT2D eigenvalue weighted by Crippen LogP contribution is 2.32. The molecule has 0 heterocycles. The molecule has 0 spiro atoms. The van der Waals surface area contributed by atoms with Crippen LogP contribution >= 0.6 is 35.4 Å². The molecule has 0 saturated heterocycles. The number of nitrogen functional groups attached to an aromatic ring is 1. The Kier molecular flexibility index (Phi) is 5.16. The number of hydrogen-bond acceptors (Lipinski definition) is 2. The Bertz CT molecular complexity index is 718. The molecule has 0 amide bonds. The molecule has 0 unspecified atom stereocenters. The minimum Gasteiger partial charge on any atom is -0.398 e. The van der Waals surface area contributed by atoms with Gasteiger partial charge < -0.3 is 5.73 Å². The Morgan fingerprint density at radius 2 is 1.73 bits per heavy atom. The maximum absolute atomic E-state index is 6.28. The molecule has 116 valence electrons. The number of nitrogens with two attached hydrogens (primary N) is 1. The topological polar surface area (TPSA) is 26.0 Å². The van der Waals surface area contributed by atoms with E-state index in [2.05, 4.69) is 20.8 Å². The van der Waals surface area contributed by atoms with Crippen LogP contribution in [0.5, 0.6) is 0 Å². The van der Waals surface area contributed by atoms with Gasteiger partial charge in [-0.25, -0.2) is 0 Å². The van der Waals surface area contributed by atoms with Crippen molar-refractivity contribution in [3.05, 3.63) is 63.1 Å². The molecule has 1 nitrogen and oxygen atoms in total. The van der Waals surface area contributed by atoms with Crippen molar-refractivity contribution in [1.82, 2.24) is 0 Å². The van der Waals surface area contributed by atoms with Gasteiger partial charge in [-0.05, 0) is 41.2 Å². The molecule has 0 aromatic heterocycles. The van der Waals surface area contributed by atoms with Gasteiger partial charge in [0.2, 0.25) is 0 Å². The van der Waals surface area contributed by atoms with Crippen molar-refractivity contribution < 1.29 is 0 Å². The largest absolute Gasteiger partial charge is 0.398 e. The summed E-state index contributed by atoms with van der Waals surface area (Å²) in [4.78, 5) is 0.680. The summed E-state index contributed by atoms with van der Waals surface area (Å²) in [6.07, 6.45) is 0.815. The maximum Gasteiger partial charge on any atom is 0.0540 e. The number of halogens is 2. The number of rotatable bonds is 3. The molecule has 0 bridgehead atoms. The second-order valence-electron chi connectivity index (χ2n) is 6.57. The SMILES string of the molecule is CC(C)(C)Cc1c(N)cc(Cl)cc1C(=S)c1ccccc1Cl. The van der Waals surface area contributed by atoms with Crippen LogP contribution in [0.25, 0.3) is 0 Å². The van der Waals surface area contributed by atoms with Crippen LogP contribution < -0.4 is 5.73 Å². The van der Waals surface area contributed by atoms with Gasteiger partial charge in [0.25, 0.3) is 0 Å². The molecule has 0 aliphatic carbocycles. The molecule has 0 aliphatic rings. The second kappa shape index (κ2) is 6.57. The van der Waals surface area contributed by atoms with Crippen LogP contribution in [0.4, 0.5) is 5.69 Å². The average molecular weight is 352 g/mol. The van der Waals surface area contributed by atoms with Crippen LogP contribution in [0.15, 0.2) is 36.4 Å². The van der Waals surface area contributed by atoms with Gasteiger partial charge in [-0.15, -0.1) is 0 Å². The van der Waals surface area contributed by atoms with E-state index in [1.165, 1.54) is 0 Å². The fourth-order valence-corrected chi connectivity index (χ4v) is 3.25. The number of thiocarbonyl (C=S) groups is 1. The van der Waals surface area contributed by atoms with Gasteiger partial charge in [0.05, 0.1) is 4.86 Å². The first-order valence-corrected chi connectivity index (χ1v) is 8.22.